The molecule has 0 N–H and O–H groups in total. The highest BCUT2D eigenvalue weighted by molar-refractivity contribution is 5.39. The van der Waals surface area contributed by atoms with E-state index in [1.807, 2.05) is 0 Å². The normalized spacial score (nSPS) is 20.3. The highest BCUT2D eigenvalue weighted by atomic mass is 14.5. The van der Waals surface area contributed by atoms with Gasteiger partial charge in [0.1, 0.15) is 0 Å². The Bertz CT molecular complexity index is 367. The van der Waals surface area contributed by atoms with Crippen molar-refractivity contribution in [2.24, 2.45) is 10.8 Å². The minimum absolute atomic E-state index is 0.233. The quantitative estimate of drug-likeness (QED) is 0.355. The van der Waals surface area contributed by atoms with Crippen molar-refractivity contribution >= 4 is 0 Å². The molecule has 122 valence electrons. The van der Waals surface area contributed by atoms with Crippen LogP contribution in [0.1, 0.15) is 78.1 Å². The Morgan fingerprint density at radius 3 is 1.18 bits per heavy atom. The van der Waals surface area contributed by atoms with Gasteiger partial charge in [-0.3, -0.25) is 0 Å². The summed E-state index contributed by atoms with van der Waals surface area (Å²) in [6.07, 6.45) is 32.4. The first-order valence-corrected chi connectivity index (χ1v) is 9.53. The number of rotatable bonds is 11. The van der Waals surface area contributed by atoms with Crippen molar-refractivity contribution in [3.8, 4) is 0 Å². The number of hydrogen-bond acceptors (Lipinski definition) is 0. The Labute approximate surface area is 138 Å². The first kappa shape index (κ1) is 17.3. The third kappa shape index (κ3) is 3.83. The van der Waals surface area contributed by atoms with Crippen molar-refractivity contribution in [2.45, 2.75) is 78.1 Å². The fourth-order valence-corrected chi connectivity index (χ4v) is 4.13. The smallest absolute Gasteiger partial charge is 0.0193 e. The van der Waals surface area contributed by atoms with Gasteiger partial charge in [-0.2, -0.15) is 0 Å². The van der Waals surface area contributed by atoms with Crippen molar-refractivity contribution in [1.82, 2.24) is 0 Å². The van der Waals surface area contributed by atoms with Crippen LogP contribution in [0.4, 0.5) is 0 Å². The molecule has 0 amide bonds. The molecule has 0 aliphatic heterocycles. The first-order valence-electron chi connectivity index (χ1n) is 9.53. The molecule has 0 heterocycles. The lowest BCUT2D eigenvalue weighted by molar-refractivity contribution is 0.217. The second-order valence-electron chi connectivity index (χ2n) is 7.14. The topological polar surface area (TPSA) is 0 Å². The van der Waals surface area contributed by atoms with Crippen LogP contribution >= 0.6 is 0 Å². The Morgan fingerprint density at radius 1 is 0.500 bits per heavy atom. The van der Waals surface area contributed by atoms with Crippen LogP contribution in [0.3, 0.4) is 0 Å². The summed E-state index contributed by atoms with van der Waals surface area (Å²) >= 11 is 0. The molecule has 0 fully saturated rings. The summed E-state index contributed by atoms with van der Waals surface area (Å²) < 4.78 is 0. The molecule has 0 bridgehead atoms. The lowest BCUT2D eigenvalue weighted by atomic mass is 9.60. The second kappa shape index (κ2) is 8.56. The van der Waals surface area contributed by atoms with Gasteiger partial charge >= 0.3 is 0 Å². The molecule has 0 spiro atoms. The summed E-state index contributed by atoms with van der Waals surface area (Å²) in [6, 6.07) is 0. The minimum atomic E-state index is 0.233. The van der Waals surface area contributed by atoms with Gasteiger partial charge < -0.3 is 0 Å². The van der Waals surface area contributed by atoms with E-state index in [9.17, 15) is 0 Å². The largest absolute Gasteiger partial charge is 0.0734 e. The summed E-state index contributed by atoms with van der Waals surface area (Å²) in [7, 11) is 0. The second-order valence-corrected chi connectivity index (χ2v) is 7.14. The van der Waals surface area contributed by atoms with Gasteiger partial charge in [0, 0.05) is 10.8 Å². The van der Waals surface area contributed by atoms with Gasteiger partial charge in [0.25, 0.3) is 0 Å². The first-order chi connectivity index (χ1) is 10.8. The van der Waals surface area contributed by atoms with Crippen LogP contribution in [-0.4, -0.2) is 0 Å². The maximum atomic E-state index is 2.48. The highest BCUT2D eigenvalue weighted by Crippen LogP contribution is 2.54. The van der Waals surface area contributed by atoms with E-state index < -0.39 is 0 Å². The molecule has 0 aromatic carbocycles. The Balaban J connectivity index is 2.06. The van der Waals surface area contributed by atoms with E-state index in [4.69, 9.17) is 0 Å². The van der Waals surface area contributed by atoms with Crippen LogP contribution < -0.4 is 0 Å². The number of allylic oxidation sites excluding steroid dienone is 8. The zero-order valence-electron chi connectivity index (χ0n) is 14.7. The minimum Gasteiger partial charge on any atom is -0.0734 e. The van der Waals surface area contributed by atoms with E-state index >= 15 is 0 Å². The van der Waals surface area contributed by atoms with Crippen LogP contribution in [0.2, 0.25) is 0 Å². The molecule has 2 rings (SSSR count). The van der Waals surface area contributed by atoms with Crippen LogP contribution in [0, 0.1) is 10.8 Å². The molecule has 0 atom stereocenters. The fraction of sp³-hybridized carbons (Fsp3) is 0.636. The van der Waals surface area contributed by atoms with E-state index in [0.29, 0.717) is 0 Å². The van der Waals surface area contributed by atoms with Gasteiger partial charge in [0.2, 0.25) is 0 Å². The van der Waals surface area contributed by atoms with Gasteiger partial charge in [-0.05, 0) is 12.8 Å². The van der Waals surface area contributed by atoms with E-state index in [1.165, 1.54) is 64.2 Å². The lowest BCUT2D eigenvalue weighted by Gasteiger charge is -2.43. The summed E-state index contributed by atoms with van der Waals surface area (Å²) in [4.78, 5) is 0. The highest BCUT2D eigenvalue weighted by Gasteiger charge is 2.45. The summed E-state index contributed by atoms with van der Waals surface area (Å²) in [5, 5.41) is 0. The molecule has 22 heavy (non-hydrogen) atoms. The maximum Gasteiger partial charge on any atom is 0.0193 e. The van der Waals surface area contributed by atoms with Crippen molar-refractivity contribution in [3.63, 3.8) is 0 Å². The molecule has 0 aromatic heterocycles. The van der Waals surface area contributed by atoms with Crippen molar-refractivity contribution in [1.29, 1.82) is 0 Å². The predicted molar refractivity (Wildman–Crippen MR) is 98.9 cm³/mol. The van der Waals surface area contributed by atoms with Crippen molar-refractivity contribution in [2.75, 3.05) is 0 Å². The third-order valence-corrected chi connectivity index (χ3v) is 5.55. The van der Waals surface area contributed by atoms with Crippen LogP contribution in [0.25, 0.3) is 0 Å². The summed E-state index contributed by atoms with van der Waals surface area (Å²) in [6.45, 7) is 4.59. The monoisotopic (exact) mass is 298 g/mol. The van der Waals surface area contributed by atoms with Crippen LogP contribution in [0.15, 0.2) is 48.6 Å². The zero-order valence-corrected chi connectivity index (χ0v) is 14.7. The van der Waals surface area contributed by atoms with Gasteiger partial charge in [-0.15, -0.1) is 0 Å². The van der Waals surface area contributed by atoms with Gasteiger partial charge in [-0.1, -0.05) is 114 Å². The molecular formula is C22H34. The summed E-state index contributed by atoms with van der Waals surface area (Å²) in [5.74, 6) is 0. The molecule has 2 aliphatic rings. The molecule has 0 nitrogen and oxygen atoms in total. The Hall–Kier alpha value is -1.04. The van der Waals surface area contributed by atoms with Gasteiger partial charge in [0.15, 0.2) is 0 Å². The lowest BCUT2D eigenvalue weighted by Crippen LogP contribution is -2.35. The average molecular weight is 299 g/mol. The van der Waals surface area contributed by atoms with Gasteiger partial charge in [0.05, 0.1) is 0 Å². The molecular weight excluding hydrogens is 264 g/mol. The molecule has 0 radical (unpaired) electrons. The molecule has 0 unspecified atom stereocenters. The molecule has 0 heteroatoms. The molecule has 0 saturated carbocycles. The summed E-state index contributed by atoms with van der Waals surface area (Å²) in [5.41, 5.74) is 0.465. The van der Waals surface area contributed by atoms with E-state index in [2.05, 4.69) is 62.5 Å². The number of hydrogen-bond donors (Lipinski definition) is 0. The maximum absolute atomic E-state index is 2.48. The van der Waals surface area contributed by atoms with E-state index in [0.717, 1.165) is 0 Å². The standard InChI is InChI=1S/C22H34/c1-3-5-7-9-15-21(17-11-12-18-21)22(19-13-14-20-22)16-10-8-6-4-2/h11-14,17-20H,3-10,15-16H2,1-2H3. The van der Waals surface area contributed by atoms with E-state index in [-0.39, 0.29) is 10.8 Å². The van der Waals surface area contributed by atoms with Crippen LogP contribution in [-0.2, 0) is 0 Å². The van der Waals surface area contributed by atoms with Crippen molar-refractivity contribution < 1.29 is 0 Å². The zero-order chi connectivity index (χ0) is 15.7. The van der Waals surface area contributed by atoms with Crippen molar-refractivity contribution in [3.05, 3.63) is 48.6 Å². The number of unbranched alkanes of at least 4 members (excludes halogenated alkanes) is 6. The molecule has 0 saturated heterocycles. The predicted octanol–water partition coefficient (Wildman–Crippen LogP) is 7.15. The third-order valence-electron chi connectivity index (χ3n) is 5.55. The van der Waals surface area contributed by atoms with E-state index in [1.54, 1.807) is 0 Å². The fourth-order valence-electron chi connectivity index (χ4n) is 4.13. The Kier molecular flexibility index (Phi) is 6.73. The SMILES string of the molecule is CCCCCCC1(C2(CCCCCC)C=CC=C2)C=CC=C1. The Morgan fingerprint density at radius 2 is 0.864 bits per heavy atom. The average Bonchev–Trinajstić information content (AvgIpc) is 3.19. The van der Waals surface area contributed by atoms with Crippen LogP contribution in [0.5, 0.6) is 0 Å². The molecule has 2 aliphatic carbocycles. The molecule has 0 aromatic rings. The van der Waals surface area contributed by atoms with Gasteiger partial charge in [-0.25, -0.2) is 0 Å².